The minimum atomic E-state index is 1.01. The summed E-state index contributed by atoms with van der Waals surface area (Å²) in [5.74, 6) is 1.02. The molecule has 17 heavy (non-hydrogen) atoms. The van der Waals surface area contributed by atoms with Crippen LogP contribution in [0.25, 0.3) is 0 Å². The van der Waals surface area contributed by atoms with Gasteiger partial charge in [0, 0.05) is 18.4 Å². The predicted molar refractivity (Wildman–Crippen MR) is 73.8 cm³/mol. The number of hydrogen-bond donors (Lipinski definition) is 0. The fourth-order valence-electron chi connectivity index (χ4n) is 2.27. The number of halogens is 1. The minimum Gasteiger partial charge on any atom is -0.325 e. The van der Waals surface area contributed by atoms with Crippen LogP contribution in [0.2, 0.25) is 0 Å². The number of fused-ring (bicyclic) bond motifs is 1. The lowest BCUT2D eigenvalue weighted by atomic mass is 10.2. The maximum Gasteiger partial charge on any atom is 0.147 e. The van der Waals surface area contributed by atoms with Crippen LogP contribution in [0.5, 0.6) is 0 Å². The van der Waals surface area contributed by atoms with Crippen molar-refractivity contribution < 1.29 is 0 Å². The second kappa shape index (κ2) is 4.15. The number of para-hydroxylation sites is 1. The first-order valence-electron chi connectivity index (χ1n) is 5.74. The number of anilines is 2. The molecule has 0 aliphatic carbocycles. The Hall–Kier alpha value is -1.35. The fraction of sp³-hybridized carbons (Fsp3) is 0.214. The first-order valence-corrected chi connectivity index (χ1v) is 6.53. The number of pyridine rings is 1. The topological polar surface area (TPSA) is 16.1 Å². The minimum absolute atomic E-state index is 1.01. The quantitative estimate of drug-likeness (QED) is 0.792. The van der Waals surface area contributed by atoms with Gasteiger partial charge in [-0.05, 0) is 52.5 Å². The zero-order valence-electron chi connectivity index (χ0n) is 9.65. The van der Waals surface area contributed by atoms with Crippen molar-refractivity contribution in [2.24, 2.45) is 0 Å². The SMILES string of the molecule is Cc1ccnc(N2CCc3ccccc32)c1Br. The molecule has 3 heteroatoms. The smallest absolute Gasteiger partial charge is 0.147 e. The van der Waals surface area contributed by atoms with E-state index in [1.165, 1.54) is 16.8 Å². The Bertz CT molecular complexity index is 566. The Kier molecular flexibility index (Phi) is 2.63. The van der Waals surface area contributed by atoms with Crippen molar-refractivity contribution in [3.63, 3.8) is 0 Å². The summed E-state index contributed by atoms with van der Waals surface area (Å²) in [7, 11) is 0. The van der Waals surface area contributed by atoms with Gasteiger partial charge in [0.15, 0.2) is 0 Å². The van der Waals surface area contributed by atoms with Crippen molar-refractivity contribution in [3.05, 3.63) is 52.1 Å². The van der Waals surface area contributed by atoms with E-state index in [0.29, 0.717) is 0 Å². The van der Waals surface area contributed by atoms with Crippen LogP contribution in [0.1, 0.15) is 11.1 Å². The zero-order chi connectivity index (χ0) is 11.8. The van der Waals surface area contributed by atoms with Crippen molar-refractivity contribution in [2.75, 3.05) is 11.4 Å². The van der Waals surface area contributed by atoms with Gasteiger partial charge in [0.25, 0.3) is 0 Å². The number of nitrogens with zero attached hydrogens (tertiary/aromatic N) is 2. The molecule has 0 spiro atoms. The molecule has 0 amide bonds. The zero-order valence-corrected chi connectivity index (χ0v) is 11.2. The number of rotatable bonds is 1. The lowest BCUT2D eigenvalue weighted by molar-refractivity contribution is 0.967. The van der Waals surface area contributed by atoms with Crippen molar-refractivity contribution in [2.45, 2.75) is 13.3 Å². The number of hydrogen-bond acceptors (Lipinski definition) is 2. The van der Waals surface area contributed by atoms with Crippen LogP contribution >= 0.6 is 15.9 Å². The van der Waals surface area contributed by atoms with Crippen molar-refractivity contribution in [1.82, 2.24) is 4.98 Å². The van der Waals surface area contributed by atoms with Crippen molar-refractivity contribution in [1.29, 1.82) is 0 Å². The van der Waals surface area contributed by atoms with Crippen LogP contribution in [-0.4, -0.2) is 11.5 Å². The first kappa shape index (κ1) is 10.8. The third-order valence-corrected chi connectivity index (χ3v) is 4.19. The molecule has 1 aliphatic rings. The molecule has 3 rings (SSSR count). The predicted octanol–water partition coefficient (Wildman–Crippen LogP) is 3.85. The summed E-state index contributed by atoms with van der Waals surface area (Å²) in [5, 5.41) is 0. The summed E-state index contributed by atoms with van der Waals surface area (Å²) in [6.07, 6.45) is 2.97. The molecule has 0 saturated carbocycles. The molecule has 1 aliphatic heterocycles. The Morgan fingerprint density at radius 3 is 2.94 bits per heavy atom. The molecule has 2 nitrogen and oxygen atoms in total. The Balaban J connectivity index is 2.10. The van der Waals surface area contributed by atoms with Gasteiger partial charge in [0.05, 0.1) is 4.47 Å². The standard InChI is InChI=1S/C14H13BrN2/c1-10-6-8-16-14(13(10)15)17-9-7-11-4-2-3-5-12(11)17/h2-6,8H,7,9H2,1H3. The average molecular weight is 289 g/mol. The van der Waals surface area contributed by atoms with Crippen LogP contribution in [0.3, 0.4) is 0 Å². The maximum atomic E-state index is 4.50. The molecule has 0 saturated heterocycles. The van der Waals surface area contributed by atoms with Gasteiger partial charge in [-0.2, -0.15) is 0 Å². The molecular formula is C14H13BrN2. The van der Waals surface area contributed by atoms with E-state index in [-0.39, 0.29) is 0 Å². The molecule has 2 aromatic rings. The van der Waals surface area contributed by atoms with Crippen LogP contribution in [0, 0.1) is 6.92 Å². The summed E-state index contributed by atoms with van der Waals surface area (Å²) in [6.45, 7) is 3.10. The van der Waals surface area contributed by atoms with Crippen LogP contribution in [0.4, 0.5) is 11.5 Å². The molecule has 0 N–H and O–H groups in total. The highest BCUT2D eigenvalue weighted by Gasteiger charge is 2.22. The second-order valence-electron chi connectivity index (χ2n) is 4.30. The summed E-state index contributed by atoms with van der Waals surface area (Å²) >= 11 is 3.64. The van der Waals surface area contributed by atoms with E-state index in [4.69, 9.17) is 0 Å². The van der Waals surface area contributed by atoms with Gasteiger partial charge in [0.2, 0.25) is 0 Å². The molecule has 0 fully saturated rings. The molecular weight excluding hydrogens is 276 g/mol. The Labute approximate surface area is 109 Å². The Morgan fingerprint density at radius 1 is 1.24 bits per heavy atom. The van der Waals surface area contributed by atoms with Crippen LogP contribution < -0.4 is 4.90 Å². The molecule has 2 heterocycles. The van der Waals surface area contributed by atoms with E-state index in [2.05, 4.69) is 57.0 Å². The van der Waals surface area contributed by atoms with E-state index in [1.54, 1.807) is 0 Å². The summed E-state index contributed by atoms with van der Waals surface area (Å²) < 4.78 is 1.09. The highest BCUT2D eigenvalue weighted by Crippen LogP contribution is 2.37. The van der Waals surface area contributed by atoms with Gasteiger partial charge in [-0.1, -0.05) is 18.2 Å². The lowest BCUT2D eigenvalue weighted by Crippen LogP contribution is -2.15. The second-order valence-corrected chi connectivity index (χ2v) is 5.09. The van der Waals surface area contributed by atoms with Crippen molar-refractivity contribution >= 4 is 27.4 Å². The molecule has 0 radical (unpaired) electrons. The van der Waals surface area contributed by atoms with Crippen LogP contribution in [0.15, 0.2) is 41.0 Å². The molecule has 86 valence electrons. The largest absolute Gasteiger partial charge is 0.325 e. The molecule has 0 atom stereocenters. The van der Waals surface area contributed by atoms with Crippen molar-refractivity contribution in [3.8, 4) is 0 Å². The lowest BCUT2D eigenvalue weighted by Gasteiger charge is -2.20. The van der Waals surface area contributed by atoms with Gasteiger partial charge in [-0.3, -0.25) is 0 Å². The van der Waals surface area contributed by atoms with Gasteiger partial charge in [0.1, 0.15) is 5.82 Å². The number of benzene rings is 1. The van der Waals surface area contributed by atoms with Gasteiger partial charge in [-0.25, -0.2) is 4.98 Å². The average Bonchev–Trinajstić information content (AvgIpc) is 2.77. The van der Waals surface area contributed by atoms with E-state index in [0.717, 1.165) is 23.3 Å². The normalized spacial score (nSPS) is 13.9. The highest BCUT2D eigenvalue weighted by atomic mass is 79.9. The molecule has 0 unspecified atom stereocenters. The number of aryl methyl sites for hydroxylation is 1. The molecule has 0 bridgehead atoms. The van der Waals surface area contributed by atoms with E-state index < -0.39 is 0 Å². The van der Waals surface area contributed by atoms with Gasteiger partial charge < -0.3 is 4.90 Å². The van der Waals surface area contributed by atoms with E-state index in [9.17, 15) is 0 Å². The Morgan fingerprint density at radius 2 is 2.06 bits per heavy atom. The third kappa shape index (κ3) is 1.75. The monoisotopic (exact) mass is 288 g/mol. The summed E-state index contributed by atoms with van der Waals surface area (Å²) in [5.41, 5.74) is 3.91. The van der Waals surface area contributed by atoms with Gasteiger partial charge in [-0.15, -0.1) is 0 Å². The number of aromatic nitrogens is 1. The summed E-state index contributed by atoms with van der Waals surface area (Å²) in [6, 6.07) is 10.6. The maximum absolute atomic E-state index is 4.50. The highest BCUT2D eigenvalue weighted by molar-refractivity contribution is 9.10. The molecule has 1 aromatic carbocycles. The fourth-order valence-corrected chi connectivity index (χ4v) is 2.72. The first-order chi connectivity index (χ1) is 8.27. The van der Waals surface area contributed by atoms with Crippen LogP contribution in [-0.2, 0) is 6.42 Å². The molecule has 1 aromatic heterocycles. The summed E-state index contributed by atoms with van der Waals surface area (Å²) in [4.78, 5) is 6.78. The van der Waals surface area contributed by atoms with E-state index >= 15 is 0 Å². The van der Waals surface area contributed by atoms with E-state index in [1.807, 2.05) is 12.3 Å². The third-order valence-electron chi connectivity index (χ3n) is 3.21. The van der Waals surface area contributed by atoms with Gasteiger partial charge >= 0.3 is 0 Å².